The summed E-state index contributed by atoms with van der Waals surface area (Å²) >= 11 is 0. The van der Waals surface area contributed by atoms with Crippen LogP contribution in [0.1, 0.15) is 53.9 Å². The number of hydrogen-bond acceptors (Lipinski definition) is 2. The zero-order valence-corrected chi connectivity index (χ0v) is 12.1. The molecule has 102 valence electrons. The van der Waals surface area contributed by atoms with Crippen molar-refractivity contribution in [2.75, 3.05) is 13.1 Å². The molecule has 0 aromatic rings. The maximum Gasteiger partial charge on any atom is 0.320 e. The van der Waals surface area contributed by atoms with Gasteiger partial charge in [0.2, 0.25) is 0 Å². The Kier molecular flexibility index (Phi) is 8.23. The lowest BCUT2D eigenvalue weighted by atomic mass is 10.0. The largest absolute Gasteiger partial charge is 0.480 e. The molecule has 0 fully saturated rings. The van der Waals surface area contributed by atoms with Gasteiger partial charge in [-0.3, -0.25) is 9.69 Å². The van der Waals surface area contributed by atoms with Crippen LogP contribution >= 0.6 is 0 Å². The van der Waals surface area contributed by atoms with Crippen LogP contribution in [-0.2, 0) is 4.79 Å². The molecule has 0 radical (unpaired) electrons. The van der Waals surface area contributed by atoms with E-state index < -0.39 is 5.97 Å². The van der Waals surface area contributed by atoms with Crippen molar-refractivity contribution >= 4 is 5.97 Å². The number of unbranched alkanes of at least 4 members (excludes halogenated alkanes) is 1. The van der Waals surface area contributed by atoms with Gasteiger partial charge in [-0.15, -0.1) is 0 Å². The highest BCUT2D eigenvalue weighted by molar-refractivity contribution is 5.73. The van der Waals surface area contributed by atoms with Gasteiger partial charge in [-0.1, -0.05) is 47.5 Å². The summed E-state index contributed by atoms with van der Waals surface area (Å²) in [6.45, 7) is 12.4. The fourth-order valence-electron chi connectivity index (χ4n) is 2.13. The van der Waals surface area contributed by atoms with Crippen LogP contribution in [0.15, 0.2) is 0 Å². The average Bonchev–Trinajstić information content (AvgIpc) is 2.15. The molecule has 0 aliphatic heterocycles. The number of aliphatic carboxylic acids is 1. The quantitative estimate of drug-likeness (QED) is 0.676. The fourth-order valence-corrected chi connectivity index (χ4v) is 2.13. The molecule has 1 atom stereocenters. The van der Waals surface area contributed by atoms with Crippen molar-refractivity contribution in [3.63, 3.8) is 0 Å². The van der Waals surface area contributed by atoms with Gasteiger partial charge < -0.3 is 5.11 Å². The Morgan fingerprint density at radius 3 is 1.88 bits per heavy atom. The van der Waals surface area contributed by atoms with E-state index in [1.54, 1.807) is 0 Å². The molecule has 3 heteroatoms. The second-order valence-corrected chi connectivity index (χ2v) is 5.74. The summed E-state index contributed by atoms with van der Waals surface area (Å²) in [7, 11) is 0. The molecule has 0 bridgehead atoms. The van der Waals surface area contributed by atoms with E-state index >= 15 is 0 Å². The minimum Gasteiger partial charge on any atom is -0.480 e. The molecular formula is C14H29NO2. The first-order chi connectivity index (χ1) is 7.88. The second-order valence-electron chi connectivity index (χ2n) is 5.74. The molecule has 3 nitrogen and oxygen atoms in total. The average molecular weight is 243 g/mol. The lowest BCUT2D eigenvalue weighted by Crippen LogP contribution is -2.44. The van der Waals surface area contributed by atoms with Crippen molar-refractivity contribution in [1.29, 1.82) is 0 Å². The predicted octanol–water partition coefficient (Wildman–Crippen LogP) is 3.24. The lowest BCUT2D eigenvalue weighted by molar-refractivity contribution is -0.144. The van der Waals surface area contributed by atoms with E-state index in [-0.39, 0.29) is 6.04 Å². The van der Waals surface area contributed by atoms with Gasteiger partial charge in [0, 0.05) is 13.1 Å². The number of carboxylic acids is 1. The highest BCUT2D eigenvalue weighted by Crippen LogP contribution is 2.14. The van der Waals surface area contributed by atoms with Gasteiger partial charge >= 0.3 is 5.97 Å². The minimum absolute atomic E-state index is 0.306. The minimum atomic E-state index is -0.667. The second kappa shape index (κ2) is 8.51. The molecule has 0 aliphatic rings. The van der Waals surface area contributed by atoms with Crippen molar-refractivity contribution in [2.24, 2.45) is 11.8 Å². The Hall–Kier alpha value is -0.570. The Balaban J connectivity index is 4.60. The molecular weight excluding hydrogens is 214 g/mol. The van der Waals surface area contributed by atoms with Crippen molar-refractivity contribution in [2.45, 2.75) is 59.9 Å². The molecule has 0 amide bonds. The van der Waals surface area contributed by atoms with E-state index in [0.717, 1.165) is 32.4 Å². The first-order valence-corrected chi connectivity index (χ1v) is 6.85. The maximum absolute atomic E-state index is 11.4. The molecule has 1 unspecified atom stereocenters. The van der Waals surface area contributed by atoms with E-state index in [0.29, 0.717) is 11.8 Å². The zero-order valence-electron chi connectivity index (χ0n) is 12.1. The third kappa shape index (κ3) is 7.37. The number of carboxylic acid groups (broad SMARTS) is 1. The van der Waals surface area contributed by atoms with Crippen LogP contribution in [0.5, 0.6) is 0 Å². The SMILES string of the molecule is CCCCC(C(=O)O)N(CC(C)C)CC(C)C. The van der Waals surface area contributed by atoms with Gasteiger partial charge in [0.15, 0.2) is 0 Å². The molecule has 0 aliphatic carbocycles. The number of nitrogens with zero attached hydrogens (tertiary/aromatic N) is 1. The maximum atomic E-state index is 11.4. The number of carbonyl (C=O) groups is 1. The topological polar surface area (TPSA) is 40.5 Å². The van der Waals surface area contributed by atoms with Gasteiger partial charge in [0.05, 0.1) is 0 Å². The van der Waals surface area contributed by atoms with Crippen LogP contribution in [0, 0.1) is 11.8 Å². The summed E-state index contributed by atoms with van der Waals surface area (Å²) in [5.41, 5.74) is 0. The third-order valence-electron chi connectivity index (χ3n) is 2.76. The van der Waals surface area contributed by atoms with Gasteiger partial charge in [-0.05, 0) is 18.3 Å². The van der Waals surface area contributed by atoms with Gasteiger partial charge in [-0.2, -0.15) is 0 Å². The van der Waals surface area contributed by atoms with Crippen LogP contribution < -0.4 is 0 Å². The first-order valence-electron chi connectivity index (χ1n) is 6.85. The molecule has 0 saturated carbocycles. The molecule has 0 saturated heterocycles. The standard InChI is InChI=1S/C14H29NO2/c1-6-7-8-13(14(16)17)15(9-11(2)3)10-12(4)5/h11-13H,6-10H2,1-5H3,(H,16,17). The Bertz CT molecular complexity index is 204. The molecule has 1 N–H and O–H groups in total. The third-order valence-corrected chi connectivity index (χ3v) is 2.76. The van der Waals surface area contributed by atoms with Crippen LogP contribution in [0.2, 0.25) is 0 Å². The van der Waals surface area contributed by atoms with E-state index in [1.807, 2.05) is 0 Å². The van der Waals surface area contributed by atoms with Crippen molar-refractivity contribution in [3.8, 4) is 0 Å². The van der Waals surface area contributed by atoms with Crippen molar-refractivity contribution in [3.05, 3.63) is 0 Å². The van der Waals surface area contributed by atoms with E-state index in [1.165, 1.54) is 0 Å². The smallest absolute Gasteiger partial charge is 0.320 e. The van der Waals surface area contributed by atoms with E-state index in [9.17, 15) is 9.90 Å². The Morgan fingerprint density at radius 1 is 1.12 bits per heavy atom. The summed E-state index contributed by atoms with van der Waals surface area (Å²) in [5.74, 6) is 0.356. The summed E-state index contributed by atoms with van der Waals surface area (Å²) < 4.78 is 0. The zero-order chi connectivity index (χ0) is 13.4. The highest BCUT2D eigenvalue weighted by Gasteiger charge is 2.25. The summed E-state index contributed by atoms with van der Waals surface area (Å²) in [6, 6.07) is -0.306. The molecule has 0 aromatic heterocycles. The van der Waals surface area contributed by atoms with E-state index in [2.05, 4.69) is 39.5 Å². The van der Waals surface area contributed by atoms with Gasteiger partial charge in [0.25, 0.3) is 0 Å². The van der Waals surface area contributed by atoms with Crippen molar-refractivity contribution < 1.29 is 9.90 Å². The summed E-state index contributed by atoms with van der Waals surface area (Å²) in [6.07, 6.45) is 2.82. The predicted molar refractivity (Wildman–Crippen MR) is 72.2 cm³/mol. The van der Waals surface area contributed by atoms with Crippen LogP contribution in [-0.4, -0.2) is 35.1 Å². The van der Waals surface area contributed by atoms with E-state index in [4.69, 9.17) is 0 Å². The first kappa shape index (κ1) is 16.4. The van der Waals surface area contributed by atoms with Crippen LogP contribution in [0.3, 0.4) is 0 Å². The molecule has 0 rings (SSSR count). The fraction of sp³-hybridized carbons (Fsp3) is 0.929. The Labute approximate surface area is 106 Å². The van der Waals surface area contributed by atoms with Crippen molar-refractivity contribution in [1.82, 2.24) is 4.90 Å². The van der Waals surface area contributed by atoms with Gasteiger partial charge in [0.1, 0.15) is 6.04 Å². The number of rotatable bonds is 9. The monoisotopic (exact) mass is 243 g/mol. The molecule has 17 heavy (non-hydrogen) atoms. The number of hydrogen-bond donors (Lipinski definition) is 1. The van der Waals surface area contributed by atoms with Gasteiger partial charge in [-0.25, -0.2) is 0 Å². The van der Waals surface area contributed by atoms with Crippen LogP contribution in [0.25, 0.3) is 0 Å². The summed E-state index contributed by atoms with van der Waals surface area (Å²) in [5, 5.41) is 9.35. The molecule has 0 heterocycles. The summed E-state index contributed by atoms with van der Waals surface area (Å²) in [4.78, 5) is 13.5. The molecule has 0 aromatic carbocycles. The Morgan fingerprint density at radius 2 is 1.59 bits per heavy atom. The van der Waals surface area contributed by atoms with Crippen LogP contribution in [0.4, 0.5) is 0 Å². The molecule has 0 spiro atoms. The lowest BCUT2D eigenvalue weighted by Gasteiger charge is -2.31. The highest BCUT2D eigenvalue weighted by atomic mass is 16.4. The normalized spacial score (nSPS) is 13.6.